The van der Waals surface area contributed by atoms with Gasteiger partial charge in [0, 0.05) is 34.1 Å². The minimum absolute atomic E-state index is 0.553. The van der Waals surface area contributed by atoms with Gasteiger partial charge in [0.05, 0.1) is 5.41 Å². The smallest absolute Gasteiger partial charge is 0.144 e. The van der Waals surface area contributed by atoms with Crippen LogP contribution in [-0.2, 0) is 5.41 Å². The zero-order valence-electron chi connectivity index (χ0n) is 25.9. The fraction of sp³-hybridized carbons (Fsp3) is 0.0217. The average molecular weight is 610 g/mol. The number of aromatic nitrogens is 1. The molecule has 2 aromatic heterocycles. The van der Waals surface area contributed by atoms with Gasteiger partial charge in [0.1, 0.15) is 11.2 Å². The zero-order valence-corrected chi connectivity index (χ0v) is 25.9. The second-order valence-corrected chi connectivity index (χ2v) is 13.0. The van der Waals surface area contributed by atoms with Crippen LogP contribution in [0.1, 0.15) is 22.3 Å². The van der Waals surface area contributed by atoms with Crippen molar-refractivity contribution in [3.05, 3.63) is 186 Å². The van der Waals surface area contributed by atoms with E-state index in [-0.39, 0.29) is 0 Å². The summed E-state index contributed by atoms with van der Waals surface area (Å²) in [4.78, 5) is 4.76. The van der Waals surface area contributed by atoms with Gasteiger partial charge in [-0.1, -0.05) is 127 Å². The van der Waals surface area contributed by atoms with Crippen LogP contribution in [0, 0.1) is 0 Å². The molecule has 2 heteroatoms. The molecule has 0 aliphatic heterocycles. The average Bonchev–Trinajstić information content (AvgIpc) is 3.79. The van der Waals surface area contributed by atoms with Gasteiger partial charge in [-0.05, 0) is 90.8 Å². The van der Waals surface area contributed by atoms with E-state index in [1.54, 1.807) is 0 Å². The molecule has 0 bridgehead atoms. The Bertz CT molecular complexity index is 2730. The van der Waals surface area contributed by atoms with Crippen molar-refractivity contribution in [2.75, 3.05) is 0 Å². The van der Waals surface area contributed by atoms with Crippen LogP contribution in [0.4, 0.5) is 0 Å². The molecule has 222 valence electrons. The van der Waals surface area contributed by atoms with E-state index < -0.39 is 5.41 Å². The van der Waals surface area contributed by atoms with Crippen molar-refractivity contribution in [3.63, 3.8) is 0 Å². The standard InChI is InChI=1S/C46H27NO/c1-3-13-28(14-4-1)34-25-39-43(36-27-47-24-23-30(34)36)44-40(46(39)37-20-10-7-17-31(37)32-18-8-11-21-38(32)46)26-35(29-15-5-2-6-16-29)42-33-19-9-12-22-41(33)48-45(42)44/h1-27H. The van der Waals surface area contributed by atoms with E-state index in [9.17, 15) is 0 Å². The van der Waals surface area contributed by atoms with E-state index in [4.69, 9.17) is 9.40 Å². The number of para-hydroxylation sites is 1. The Morgan fingerprint density at radius 2 is 1.02 bits per heavy atom. The summed E-state index contributed by atoms with van der Waals surface area (Å²) in [5.74, 6) is 0. The van der Waals surface area contributed by atoms with Crippen LogP contribution in [0.5, 0.6) is 0 Å². The molecule has 1 spiro atoms. The molecule has 0 atom stereocenters. The number of hydrogen-bond acceptors (Lipinski definition) is 2. The summed E-state index contributed by atoms with van der Waals surface area (Å²) in [5, 5.41) is 4.62. The lowest BCUT2D eigenvalue weighted by atomic mass is 9.69. The highest BCUT2D eigenvalue weighted by molar-refractivity contribution is 6.22. The molecule has 0 amide bonds. The number of nitrogens with zero attached hydrogens (tertiary/aromatic N) is 1. The first kappa shape index (κ1) is 25.9. The molecule has 0 radical (unpaired) electrons. The van der Waals surface area contributed by atoms with Gasteiger partial charge in [0.2, 0.25) is 0 Å². The molecule has 2 nitrogen and oxygen atoms in total. The van der Waals surface area contributed by atoms with Crippen LogP contribution in [-0.4, -0.2) is 4.98 Å². The van der Waals surface area contributed by atoms with E-state index in [1.165, 1.54) is 72.1 Å². The Morgan fingerprint density at radius 1 is 0.438 bits per heavy atom. The van der Waals surface area contributed by atoms with E-state index in [0.717, 1.165) is 27.3 Å². The highest BCUT2D eigenvalue weighted by Crippen LogP contribution is 2.66. The second kappa shape index (κ2) is 9.40. The normalized spacial score (nSPS) is 13.6. The molecule has 0 fully saturated rings. The van der Waals surface area contributed by atoms with Crippen molar-refractivity contribution in [2.45, 2.75) is 5.41 Å². The lowest BCUT2D eigenvalue weighted by molar-refractivity contribution is 0.669. The maximum Gasteiger partial charge on any atom is 0.144 e. The Balaban J connectivity index is 1.42. The summed E-state index contributed by atoms with van der Waals surface area (Å²) in [5.41, 5.74) is 16.2. The van der Waals surface area contributed by atoms with Gasteiger partial charge in [-0.15, -0.1) is 0 Å². The van der Waals surface area contributed by atoms with Crippen molar-refractivity contribution < 1.29 is 4.42 Å². The Hall–Kier alpha value is -6.25. The largest absolute Gasteiger partial charge is 0.455 e. The monoisotopic (exact) mass is 609 g/mol. The molecule has 0 saturated heterocycles. The minimum Gasteiger partial charge on any atom is -0.455 e. The van der Waals surface area contributed by atoms with Gasteiger partial charge in [-0.3, -0.25) is 4.98 Å². The quantitative estimate of drug-likeness (QED) is 0.195. The fourth-order valence-electron chi connectivity index (χ4n) is 8.94. The molecule has 2 aliphatic carbocycles. The molecule has 9 aromatic rings. The summed E-state index contributed by atoms with van der Waals surface area (Å²) >= 11 is 0. The van der Waals surface area contributed by atoms with Gasteiger partial charge in [-0.25, -0.2) is 0 Å². The first-order valence-electron chi connectivity index (χ1n) is 16.5. The number of rotatable bonds is 2. The molecule has 0 saturated carbocycles. The first-order chi connectivity index (χ1) is 23.8. The Labute approximate surface area is 277 Å². The van der Waals surface area contributed by atoms with Crippen LogP contribution in [0.2, 0.25) is 0 Å². The third-order valence-electron chi connectivity index (χ3n) is 10.8. The summed E-state index contributed by atoms with van der Waals surface area (Å²) < 4.78 is 7.04. The Morgan fingerprint density at radius 3 is 1.75 bits per heavy atom. The van der Waals surface area contributed by atoms with E-state index in [2.05, 4.69) is 158 Å². The third kappa shape index (κ3) is 3.15. The van der Waals surface area contributed by atoms with Crippen LogP contribution >= 0.6 is 0 Å². The molecule has 2 aliphatic rings. The number of furan rings is 1. The lowest BCUT2D eigenvalue weighted by Crippen LogP contribution is -2.26. The first-order valence-corrected chi connectivity index (χ1v) is 16.5. The van der Waals surface area contributed by atoms with Gasteiger partial charge >= 0.3 is 0 Å². The molecular formula is C46H27NO. The fourth-order valence-corrected chi connectivity index (χ4v) is 8.94. The summed E-state index contributed by atoms with van der Waals surface area (Å²) in [6.45, 7) is 0. The predicted octanol–water partition coefficient (Wildman–Crippen LogP) is 11.8. The van der Waals surface area contributed by atoms with E-state index in [1.807, 2.05) is 6.20 Å². The van der Waals surface area contributed by atoms with Crippen LogP contribution in [0.15, 0.2) is 168 Å². The second-order valence-electron chi connectivity index (χ2n) is 13.0. The topological polar surface area (TPSA) is 26.0 Å². The Kier molecular flexibility index (Phi) is 5.07. The van der Waals surface area contributed by atoms with Crippen LogP contribution < -0.4 is 0 Å². The number of fused-ring (bicyclic) bond motifs is 16. The van der Waals surface area contributed by atoms with Crippen molar-refractivity contribution in [2.24, 2.45) is 0 Å². The maximum atomic E-state index is 7.04. The molecule has 11 rings (SSSR count). The molecule has 2 heterocycles. The number of benzene rings is 7. The van der Waals surface area contributed by atoms with Crippen molar-refractivity contribution >= 4 is 32.7 Å². The molecule has 0 N–H and O–H groups in total. The minimum atomic E-state index is -0.553. The van der Waals surface area contributed by atoms with Crippen LogP contribution in [0.3, 0.4) is 0 Å². The molecule has 7 aromatic carbocycles. The SMILES string of the molecule is c1ccc(-c2cc3c(c4cnccc24)-c2c(cc(-c4ccccc4)c4c2oc2ccccc24)C32c3ccccc3-c3ccccc32)cc1. The zero-order chi connectivity index (χ0) is 31.4. The summed E-state index contributed by atoms with van der Waals surface area (Å²) in [6, 6.07) is 55.2. The summed E-state index contributed by atoms with van der Waals surface area (Å²) in [6.07, 6.45) is 3.98. The number of hydrogen-bond donors (Lipinski definition) is 0. The molecule has 0 unspecified atom stereocenters. The highest BCUT2D eigenvalue weighted by Gasteiger charge is 2.53. The molecular weight excluding hydrogens is 583 g/mol. The number of pyridine rings is 1. The van der Waals surface area contributed by atoms with E-state index >= 15 is 0 Å². The van der Waals surface area contributed by atoms with Gasteiger partial charge in [0.15, 0.2) is 0 Å². The van der Waals surface area contributed by atoms with Crippen molar-refractivity contribution in [3.8, 4) is 44.5 Å². The van der Waals surface area contributed by atoms with Crippen molar-refractivity contribution in [1.82, 2.24) is 4.98 Å². The lowest BCUT2D eigenvalue weighted by Gasteiger charge is -2.31. The highest BCUT2D eigenvalue weighted by atomic mass is 16.3. The molecule has 48 heavy (non-hydrogen) atoms. The van der Waals surface area contributed by atoms with Crippen LogP contribution in [0.25, 0.3) is 77.2 Å². The maximum absolute atomic E-state index is 7.04. The predicted molar refractivity (Wildman–Crippen MR) is 196 cm³/mol. The van der Waals surface area contributed by atoms with E-state index in [0.29, 0.717) is 0 Å². The van der Waals surface area contributed by atoms with Crippen molar-refractivity contribution in [1.29, 1.82) is 0 Å². The van der Waals surface area contributed by atoms with Gasteiger partial charge in [-0.2, -0.15) is 0 Å². The third-order valence-corrected chi connectivity index (χ3v) is 10.8. The van der Waals surface area contributed by atoms with Gasteiger partial charge < -0.3 is 4.42 Å². The summed E-state index contributed by atoms with van der Waals surface area (Å²) in [7, 11) is 0. The van der Waals surface area contributed by atoms with Gasteiger partial charge in [0.25, 0.3) is 0 Å².